The summed E-state index contributed by atoms with van der Waals surface area (Å²) in [5, 5.41) is 5.60. The van der Waals surface area contributed by atoms with Gasteiger partial charge in [0.2, 0.25) is 5.82 Å². The smallest absolute Gasteiger partial charge is 0.287 e. The van der Waals surface area contributed by atoms with Gasteiger partial charge in [-0.1, -0.05) is 23.7 Å². The topological polar surface area (TPSA) is 118 Å². The van der Waals surface area contributed by atoms with Crippen LogP contribution in [0.1, 0.15) is 47.4 Å². The standard InChI is InChI=1S/C24H28ClN3O5S2/c1-35(31,32)14-16-7-5-15(6-8-16)11-33-12-18-13-34-24-20(18)22(29)27-21(28-24)23(30)26-10-17-3-2-4-19(25)9-17/h2-4,9,13,15-16H,5-8,10-12,14H2,1H3,(H,26,30)(H,27,28,29). The molecule has 0 unspecified atom stereocenters. The molecule has 2 N–H and O–H groups in total. The van der Waals surface area contributed by atoms with E-state index in [0.29, 0.717) is 27.8 Å². The summed E-state index contributed by atoms with van der Waals surface area (Å²) in [4.78, 5) is 32.7. The van der Waals surface area contributed by atoms with E-state index in [1.54, 1.807) is 18.2 Å². The van der Waals surface area contributed by atoms with Crippen molar-refractivity contribution < 1.29 is 17.9 Å². The Kier molecular flexibility index (Phi) is 8.26. The first-order valence-electron chi connectivity index (χ1n) is 11.5. The summed E-state index contributed by atoms with van der Waals surface area (Å²) in [6.07, 6.45) is 4.98. The molecule has 0 saturated heterocycles. The molecule has 1 fully saturated rings. The van der Waals surface area contributed by atoms with Gasteiger partial charge < -0.3 is 15.0 Å². The normalized spacial score (nSPS) is 18.6. The van der Waals surface area contributed by atoms with Crippen LogP contribution in [-0.4, -0.2) is 42.9 Å². The van der Waals surface area contributed by atoms with Crippen LogP contribution in [0.25, 0.3) is 10.2 Å². The van der Waals surface area contributed by atoms with Crippen LogP contribution in [0.15, 0.2) is 34.4 Å². The quantitative estimate of drug-likeness (QED) is 0.427. The van der Waals surface area contributed by atoms with Crippen molar-refractivity contribution in [2.24, 2.45) is 11.8 Å². The summed E-state index contributed by atoms with van der Waals surface area (Å²) in [6, 6.07) is 7.16. The van der Waals surface area contributed by atoms with Crippen molar-refractivity contribution in [1.82, 2.24) is 15.3 Å². The van der Waals surface area contributed by atoms with E-state index in [1.807, 2.05) is 11.4 Å². The summed E-state index contributed by atoms with van der Waals surface area (Å²) in [7, 11) is -2.94. The molecule has 1 aliphatic rings. The van der Waals surface area contributed by atoms with Crippen LogP contribution in [0.2, 0.25) is 5.02 Å². The number of amides is 1. The summed E-state index contributed by atoms with van der Waals surface area (Å²) in [5.41, 5.74) is 1.22. The minimum atomic E-state index is -2.94. The van der Waals surface area contributed by atoms with Crippen molar-refractivity contribution in [1.29, 1.82) is 0 Å². The Labute approximate surface area is 213 Å². The number of nitrogens with one attached hydrogen (secondary N) is 2. The number of aromatic nitrogens is 2. The molecule has 0 atom stereocenters. The fourth-order valence-corrected chi connectivity index (χ4v) is 6.79. The van der Waals surface area contributed by atoms with Crippen molar-refractivity contribution >= 4 is 48.9 Å². The largest absolute Gasteiger partial charge is 0.376 e. The lowest BCUT2D eigenvalue weighted by Crippen LogP contribution is -2.27. The molecule has 1 saturated carbocycles. The Hall–Kier alpha value is -2.27. The fraction of sp³-hybridized carbons (Fsp3) is 0.458. The van der Waals surface area contributed by atoms with Gasteiger partial charge in [0.25, 0.3) is 11.5 Å². The third-order valence-corrected chi connectivity index (χ3v) is 8.43. The molecule has 188 valence electrons. The van der Waals surface area contributed by atoms with Crippen LogP contribution in [-0.2, 0) is 27.7 Å². The van der Waals surface area contributed by atoms with E-state index in [9.17, 15) is 18.0 Å². The molecule has 3 aromatic rings. The molecule has 4 rings (SSSR count). The Balaban J connectivity index is 1.31. The number of fused-ring (bicyclic) bond motifs is 1. The minimum Gasteiger partial charge on any atom is -0.376 e. The van der Waals surface area contributed by atoms with E-state index in [0.717, 1.165) is 36.8 Å². The number of sulfone groups is 1. The second-order valence-corrected chi connectivity index (χ2v) is 12.6. The van der Waals surface area contributed by atoms with E-state index >= 15 is 0 Å². The van der Waals surface area contributed by atoms with Crippen LogP contribution >= 0.6 is 22.9 Å². The van der Waals surface area contributed by atoms with Gasteiger partial charge in [-0.25, -0.2) is 13.4 Å². The Morgan fingerprint density at radius 2 is 2.00 bits per heavy atom. The Bertz CT molecular complexity index is 1360. The van der Waals surface area contributed by atoms with Gasteiger partial charge in [-0.05, 0) is 60.6 Å². The molecule has 0 spiro atoms. The molecule has 35 heavy (non-hydrogen) atoms. The monoisotopic (exact) mass is 537 g/mol. The summed E-state index contributed by atoms with van der Waals surface area (Å²) >= 11 is 7.27. The Morgan fingerprint density at radius 3 is 2.71 bits per heavy atom. The first-order valence-corrected chi connectivity index (χ1v) is 14.8. The first-order chi connectivity index (χ1) is 16.7. The zero-order valence-corrected chi connectivity index (χ0v) is 21.8. The number of ether oxygens (including phenoxy) is 1. The average molecular weight is 538 g/mol. The van der Waals surface area contributed by atoms with Gasteiger partial charge in [0.1, 0.15) is 14.7 Å². The minimum absolute atomic E-state index is 0.0373. The van der Waals surface area contributed by atoms with Gasteiger partial charge in [0, 0.05) is 30.0 Å². The van der Waals surface area contributed by atoms with E-state index in [-0.39, 0.29) is 36.2 Å². The van der Waals surface area contributed by atoms with Gasteiger partial charge in [-0.15, -0.1) is 11.3 Å². The van der Waals surface area contributed by atoms with Gasteiger partial charge in [0.05, 0.1) is 17.7 Å². The second-order valence-electron chi connectivity index (χ2n) is 9.16. The van der Waals surface area contributed by atoms with Gasteiger partial charge in [-0.3, -0.25) is 9.59 Å². The van der Waals surface area contributed by atoms with Crippen molar-refractivity contribution in [3.05, 3.63) is 62.0 Å². The molecule has 0 bridgehead atoms. The molecule has 2 aromatic heterocycles. The van der Waals surface area contributed by atoms with E-state index in [4.69, 9.17) is 16.3 Å². The predicted octanol–water partition coefficient (Wildman–Crippen LogP) is 3.94. The summed E-state index contributed by atoms with van der Waals surface area (Å²) in [6.45, 7) is 1.12. The SMILES string of the molecule is CS(=O)(=O)CC1CCC(COCc2csc3nc(C(=O)NCc4cccc(Cl)c4)[nH]c(=O)c23)CC1. The molecule has 0 radical (unpaired) electrons. The highest BCUT2D eigenvalue weighted by atomic mass is 35.5. The molecule has 1 aliphatic carbocycles. The number of thiophene rings is 1. The maximum atomic E-state index is 12.7. The number of carbonyl (C=O) groups excluding carboxylic acids is 1. The number of hydrogen-bond acceptors (Lipinski definition) is 7. The van der Waals surface area contributed by atoms with Crippen LogP contribution in [0.3, 0.4) is 0 Å². The highest BCUT2D eigenvalue weighted by molar-refractivity contribution is 7.90. The molecule has 1 amide bonds. The number of H-pyrrole nitrogens is 1. The number of benzene rings is 1. The molecule has 0 aliphatic heterocycles. The van der Waals surface area contributed by atoms with Gasteiger partial charge in [-0.2, -0.15) is 0 Å². The number of nitrogens with zero attached hydrogens (tertiary/aromatic N) is 1. The molecule has 8 nitrogen and oxygen atoms in total. The number of rotatable bonds is 9. The summed E-state index contributed by atoms with van der Waals surface area (Å²) < 4.78 is 28.9. The van der Waals surface area contributed by atoms with Gasteiger partial charge in [0.15, 0.2) is 0 Å². The van der Waals surface area contributed by atoms with Crippen molar-refractivity contribution in [2.75, 3.05) is 18.6 Å². The first kappa shape index (κ1) is 25.8. The van der Waals surface area contributed by atoms with Gasteiger partial charge >= 0.3 is 0 Å². The molecule has 1 aromatic carbocycles. The maximum Gasteiger partial charge on any atom is 0.287 e. The lowest BCUT2D eigenvalue weighted by Gasteiger charge is -2.27. The number of carbonyl (C=O) groups is 1. The Morgan fingerprint density at radius 1 is 1.26 bits per heavy atom. The van der Waals surface area contributed by atoms with Crippen molar-refractivity contribution in [2.45, 2.75) is 38.8 Å². The highest BCUT2D eigenvalue weighted by Crippen LogP contribution is 2.30. The zero-order chi connectivity index (χ0) is 25.0. The highest BCUT2D eigenvalue weighted by Gasteiger charge is 2.24. The van der Waals surface area contributed by atoms with Crippen LogP contribution in [0, 0.1) is 11.8 Å². The second kappa shape index (κ2) is 11.2. The number of hydrogen-bond donors (Lipinski definition) is 2. The van der Waals surface area contributed by atoms with Crippen molar-refractivity contribution in [3.63, 3.8) is 0 Å². The average Bonchev–Trinajstić information content (AvgIpc) is 3.21. The summed E-state index contributed by atoms with van der Waals surface area (Å²) in [5.74, 6) is 0.384. The molecular weight excluding hydrogens is 510 g/mol. The number of halogens is 1. The van der Waals surface area contributed by atoms with E-state index < -0.39 is 15.7 Å². The van der Waals surface area contributed by atoms with Crippen LogP contribution < -0.4 is 10.9 Å². The van der Waals surface area contributed by atoms with Crippen LogP contribution in [0.4, 0.5) is 0 Å². The van der Waals surface area contributed by atoms with Crippen molar-refractivity contribution in [3.8, 4) is 0 Å². The third kappa shape index (κ3) is 7.13. The van der Waals surface area contributed by atoms with E-state index in [2.05, 4.69) is 15.3 Å². The molecule has 11 heteroatoms. The third-order valence-electron chi connectivity index (χ3n) is 6.19. The predicted molar refractivity (Wildman–Crippen MR) is 138 cm³/mol. The molecular formula is C24H28ClN3O5S2. The lowest BCUT2D eigenvalue weighted by molar-refractivity contribution is 0.0693. The maximum absolute atomic E-state index is 12.7. The molecule has 2 heterocycles. The lowest BCUT2D eigenvalue weighted by atomic mass is 9.83. The fourth-order valence-electron chi connectivity index (χ4n) is 4.46. The zero-order valence-electron chi connectivity index (χ0n) is 19.4. The number of aromatic amines is 1. The van der Waals surface area contributed by atoms with Crippen LogP contribution in [0.5, 0.6) is 0 Å². The van der Waals surface area contributed by atoms with E-state index in [1.165, 1.54) is 17.6 Å².